The molecule has 1 unspecified atom stereocenters. The molecule has 2 heterocycles. The van der Waals surface area contributed by atoms with Gasteiger partial charge in [0.05, 0.1) is 5.02 Å². The lowest BCUT2D eigenvalue weighted by molar-refractivity contribution is 0.0977. The Morgan fingerprint density at radius 3 is 2.90 bits per heavy atom. The number of pyridine rings is 1. The van der Waals surface area contributed by atoms with Crippen molar-refractivity contribution in [2.45, 2.75) is 19.4 Å². The average molecular weight is 288 g/mol. The molecule has 4 nitrogen and oxygen atoms in total. The van der Waals surface area contributed by atoms with E-state index in [2.05, 4.69) is 4.98 Å². The SMILES string of the molecule is CC1Cc2ccccc2N1C(=O)c1nc(N)ccc1Cl. The van der Waals surface area contributed by atoms with Gasteiger partial charge >= 0.3 is 0 Å². The largest absolute Gasteiger partial charge is 0.384 e. The normalized spacial score (nSPS) is 17.1. The maximum absolute atomic E-state index is 12.7. The molecule has 0 saturated carbocycles. The quantitative estimate of drug-likeness (QED) is 0.877. The van der Waals surface area contributed by atoms with E-state index >= 15 is 0 Å². The molecule has 1 aromatic heterocycles. The van der Waals surface area contributed by atoms with Crippen LogP contribution in [0.5, 0.6) is 0 Å². The number of nitrogens with zero attached hydrogens (tertiary/aromatic N) is 2. The Bertz CT molecular complexity index is 687. The van der Waals surface area contributed by atoms with Crippen LogP contribution in [0.4, 0.5) is 11.5 Å². The highest BCUT2D eigenvalue weighted by Crippen LogP contribution is 2.33. The maximum Gasteiger partial charge on any atom is 0.278 e. The molecular formula is C15H14ClN3O. The number of hydrogen-bond donors (Lipinski definition) is 1. The van der Waals surface area contributed by atoms with Gasteiger partial charge in [0.2, 0.25) is 0 Å². The first-order chi connectivity index (χ1) is 9.58. The van der Waals surface area contributed by atoms with Gasteiger partial charge in [0.1, 0.15) is 11.5 Å². The van der Waals surface area contributed by atoms with Gasteiger partial charge in [-0.2, -0.15) is 0 Å². The molecule has 0 radical (unpaired) electrons. The standard InChI is InChI=1S/C15H14ClN3O/c1-9-8-10-4-2-3-5-12(10)19(9)15(20)14-11(16)6-7-13(17)18-14/h2-7,9H,8H2,1H3,(H2,17,18). The van der Waals surface area contributed by atoms with Crippen molar-refractivity contribution in [3.8, 4) is 0 Å². The fourth-order valence-electron chi connectivity index (χ4n) is 2.60. The number of rotatable bonds is 1. The minimum Gasteiger partial charge on any atom is -0.384 e. The van der Waals surface area contributed by atoms with E-state index in [1.54, 1.807) is 17.0 Å². The summed E-state index contributed by atoms with van der Waals surface area (Å²) in [6, 6.07) is 11.1. The minimum atomic E-state index is -0.209. The van der Waals surface area contributed by atoms with E-state index in [1.165, 1.54) is 0 Å². The van der Waals surface area contributed by atoms with E-state index in [0.29, 0.717) is 5.02 Å². The summed E-state index contributed by atoms with van der Waals surface area (Å²) >= 11 is 6.08. The average Bonchev–Trinajstić information content (AvgIpc) is 2.76. The van der Waals surface area contributed by atoms with Crippen LogP contribution in [0.3, 0.4) is 0 Å². The Morgan fingerprint density at radius 1 is 1.35 bits per heavy atom. The zero-order chi connectivity index (χ0) is 14.3. The third-order valence-corrected chi connectivity index (χ3v) is 3.80. The predicted molar refractivity (Wildman–Crippen MR) is 80.1 cm³/mol. The second-order valence-corrected chi connectivity index (χ2v) is 5.33. The Labute approximate surface area is 122 Å². The number of aromatic nitrogens is 1. The molecule has 1 aromatic carbocycles. The van der Waals surface area contributed by atoms with E-state index < -0.39 is 0 Å². The van der Waals surface area contributed by atoms with Crippen molar-refractivity contribution >= 4 is 29.0 Å². The van der Waals surface area contributed by atoms with Crippen LogP contribution in [0.25, 0.3) is 0 Å². The molecule has 20 heavy (non-hydrogen) atoms. The number of halogens is 1. The van der Waals surface area contributed by atoms with Crippen LogP contribution >= 0.6 is 11.6 Å². The monoisotopic (exact) mass is 287 g/mol. The molecule has 2 N–H and O–H groups in total. The molecule has 0 spiro atoms. The fourth-order valence-corrected chi connectivity index (χ4v) is 2.78. The third kappa shape index (κ3) is 2.02. The maximum atomic E-state index is 12.7. The van der Waals surface area contributed by atoms with Gasteiger partial charge in [-0.1, -0.05) is 29.8 Å². The Balaban J connectivity index is 2.05. The molecule has 1 amide bonds. The number of fused-ring (bicyclic) bond motifs is 1. The number of carbonyl (C=O) groups excluding carboxylic acids is 1. The number of para-hydroxylation sites is 1. The fraction of sp³-hybridized carbons (Fsp3) is 0.200. The van der Waals surface area contributed by atoms with Crippen LogP contribution in [-0.2, 0) is 6.42 Å². The van der Waals surface area contributed by atoms with Gasteiger partial charge in [-0.15, -0.1) is 0 Å². The number of nitrogens with two attached hydrogens (primary N) is 1. The predicted octanol–water partition coefficient (Wildman–Crippen LogP) is 2.91. The van der Waals surface area contributed by atoms with Gasteiger partial charge in [0.25, 0.3) is 5.91 Å². The van der Waals surface area contributed by atoms with E-state index in [1.807, 2.05) is 31.2 Å². The van der Waals surface area contributed by atoms with Gasteiger partial charge in [-0.3, -0.25) is 4.79 Å². The molecule has 2 aromatic rings. The molecule has 102 valence electrons. The molecule has 1 atom stereocenters. The van der Waals surface area contributed by atoms with E-state index in [-0.39, 0.29) is 23.5 Å². The van der Waals surface area contributed by atoms with Gasteiger partial charge in [-0.05, 0) is 37.1 Å². The minimum absolute atomic E-state index is 0.0826. The van der Waals surface area contributed by atoms with Gasteiger partial charge in [0, 0.05) is 11.7 Å². The summed E-state index contributed by atoms with van der Waals surface area (Å²) in [5.41, 5.74) is 7.94. The summed E-state index contributed by atoms with van der Waals surface area (Å²) in [7, 11) is 0. The number of carbonyl (C=O) groups is 1. The summed E-state index contributed by atoms with van der Waals surface area (Å²) < 4.78 is 0. The van der Waals surface area contributed by atoms with Crippen molar-refractivity contribution in [1.29, 1.82) is 0 Å². The second-order valence-electron chi connectivity index (χ2n) is 4.92. The number of benzene rings is 1. The first kappa shape index (κ1) is 12.9. The number of nitrogen functional groups attached to an aromatic ring is 1. The zero-order valence-electron chi connectivity index (χ0n) is 11.0. The Kier molecular flexibility index (Phi) is 3.10. The molecular weight excluding hydrogens is 274 g/mol. The highest BCUT2D eigenvalue weighted by atomic mass is 35.5. The molecule has 3 rings (SSSR count). The van der Waals surface area contributed by atoms with Gasteiger partial charge < -0.3 is 10.6 Å². The molecule has 0 aliphatic carbocycles. The topological polar surface area (TPSA) is 59.2 Å². The first-order valence-electron chi connectivity index (χ1n) is 6.41. The van der Waals surface area contributed by atoms with Crippen LogP contribution < -0.4 is 10.6 Å². The Hall–Kier alpha value is -2.07. The lowest BCUT2D eigenvalue weighted by Gasteiger charge is -2.22. The highest BCUT2D eigenvalue weighted by molar-refractivity contribution is 6.34. The van der Waals surface area contributed by atoms with E-state index in [4.69, 9.17) is 17.3 Å². The van der Waals surface area contributed by atoms with Gasteiger partial charge in [-0.25, -0.2) is 4.98 Å². The van der Waals surface area contributed by atoms with Crippen molar-refractivity contribution in [2.24, 2.45) is 0 Å². The molecule has 5 heteroatoms. The van der Waals surface area contributed by atoms with Crippen molar-refractivity contribution in [3.63, 3.8) is 0 Å². The van der Waals surface area contributed by atoms with Crippen LogP contribution in [0.2, 0.25) is 5.02 Å². The van der Waals surface area contributed by atoms with Crippen LogP contribution in [0.1, 0.15) is 23.0 Å². The zero-order valence-corrected chi connectivity index (χ0v) is 11.8. The smallest absolute Gasteiger partial charge is 0.278 e. The summed E-state index contributed by atoms with van der Waals surface area (Å²) in [5, 5.41) is 0.320. The second kappa shape index (κ2) is 4.80. The summed E-state index contributed by atoms with van der Waals surface area (Å²) in [6.07, 6.45) is 0.835. The number of amides is 1. The summed E-state index contributed by atoms with van der Waals surface area (Å²) in [5.74, 6) is 0.0811. The molecule has 0 fully saturated rings. The Morgan fingerprint density at radius 2 is 2.10 bits per heavy atom. The lowest BCUT2D eigenvalue weighted by atomic mass is 10.1. The molecule has 0 bridgehead atoms. The van der Waals surface area contributed by atoms with E-state index in [0.717, 1.165) is 17.7 Å². The van der Waals surface area contributed by atoms with Gasteiger partial charge in [0.15, 0.2) is 0 Å². The molecule has 1 aliphatic rings. The van der Waals surface area contributed by atoms with Crippen LogP contribution in [0, 0.1) is 0 Å². The summed E-state index contributed by atoms with van der Waals surface area (Å²) in [4.78, 5) is 18.5. The van der Waals surface area contributed by atoms with Crippen molar-refractivity contribution in [2.75, 3.05) is 10.6 Å². The number of anilines is 2. The van der Waals surface area contributed by atoms with Crippen LogP contribution in [-0.4, -0.2) is 16.9 Å². The lowest BCUT2D eigenvalue weighted by Crippen LogP contribution is -2.36. The summed E-state index contributed by atoms with van der Waals surface area (Å²) in [6.45, 7) is 2.01. The molecule has 0 saturated heterocycles. The van der Waals surface area contributed by atoms with E-state index in [9.17, 15) is 4.79 Å². The number of hydrogen-bond acceptors (Lipinski definition) is 3. The third-order valence-electron chi connectivity index (χ3n) is 3.50. The first-order valence-corrected chi connectivity index (χ1v) is 6.79. The highest BCUT2D eigenvalue weighted by Gasteiger charge is 2.32. The van der Waals surface area contributed by atoms with Crippen molar-refractivity contribution in [1.82, 2.24) is 4.98 Å². The molecule has 1 aliphatic heterocycles. The van der Waals surface area contributed by atoms with Crippen molar-refractivity contribution < 1.29 is 4.79 Å². The van der Waals surface area contributed by atoms with Crippen molar-refractivity contribution in [3.05, 3.63) is 52.7 Å². The van der Waals surface area contributed by atoms with Crippen LogP contribution in [0.15, 0.2) is 36.4 Å².